The molecule has 2 aromatic carbocycles. The number of fused-ring (bicyclic) bond motifs is 1. The maximum Gasteiger partial charge on any atom is 0.265 e. The highest BCUT2D eigenvalue weighted by Gasteiger charge is 2.23. The number of pyridine rings is 1. The number of carbonyl (C=O) groups excluding carboxylic acids is 2. The largest absolute Gasteiger partial charge is 0.404 e. The second kappa shape index (κ2) is 10.6. The summed E-state index contributed by atoms with van der Waals surface area (Å²) in [6.07, 6.45) is 5.69. The summed E-state index contributed by atoms with van der Waals surface area (Å²) in [4.78, 5) is 34.2. The predicted molar refractivity (Wildman–Crippen MR) is 133 cm³/mol. The molecule has 0 unspecified atom stereocenters. The van der Waals surface area contributed by atoms with E-state index in [4.69, 9.17) is 5.73 Å². The molecule has 0 atom stereocenters. The summed E-state index contributed by atoms with van der Waals surface area (Å²) in [6, 6.07) is 14.7. The van der Waals surface area contributed by atoms with E-state index >= 15 is 0 Å². The van der Waals surface area contributed by atoms with Gasteiger partial charge in [0.15, 0.2) is 11.6 Å². The summed E-state index contributed by atoms with van der Waals surface area (Å²) in [7, 11) is 0. The van der Waals surface area contributed by atoms with Crippen molar-refractivity contribution in [1.29, 1.82) is 0 Å². The minimum absolute atomic E-state index is 0.119. The molecule has 4 N–H and O–H groups in total. The minimum atomic E-state index is -1.04. The van der Waals surface area contributed by atoms with E-state index in [1.807, 2.05) is 42.6 Å². The molecule has 4 rings (SSSR count). The van der Waals surface area contributed by atoms with Crippen LogP contribution in [-0.2, 0) is 22.7 Å². The van der Waals surface area contributed by atoms with E-state index in [0.29, 0.717) is 5.56 Å². The number of halogens is 2. The number of amides is 2. The number of hydrogen-bond acceptors (Lipinski definition) is 4. The van der Waals surface area contributed by atoms with Gasteiger partial charge in [-0.1, -0.05) is 30.8 Å². The van der Waals surface area contributed by atoms with Crippen molar-refractivity contribution in [3.8, 4) is 11.1 Å². The van der Waals surface area contributed by atoms with Gasteiger partial charge in [0.1, 0.15) is 11.2 Å². The Kier molecular flexibility index (Phi) is 7.20. The zero-order valence-electron chi connectivity index (χ0n) is 19.2. The van der Waals surface area contributed by atoms with Crippen LogP contribution in [0, 0.1) is 11.6 Å². The summed E-state index contributed by atoms with van der Waals surface area (Å²) >= 11 is 0. The number of aromatic amines is 1. The Balaban J connectivity index is 1.44. The lowest BCUT2D eigenvalue weighted by Gasteiger charge is -2.19. The standard InChI is InChI=1S/C27H23F2N5O2/c1-2-34(16-18-8-9-23(28)24(29)12-18)27(36)21(13-30)26(35)33-14-17-5-3-6-19(11-17)22-15-32-25-20(22)7-4-10-31-25/h2-13,15H,1,14,16,30H2,(H,31,32)(H,33,35)/b21-13-. The highest BCUT2D eigenvalue weighted by atomic mass is 19.2. The molecule has 2 heterocycles. The van der Waals surface area contributed by atoms with Crippen LogP contribution in [0.4, 0.5) is 8.78 Å². The van der Waals surface area contributed by atoms with E-state index in [1.54, 1.807) is 6.20 Å². The topological polar surface area (TPSA) is 104 Å². The Labute approximate surface area is 206 Å². The number of nitrogens with zero attached hydrogens (tertiary/aromatic N) is 2. The predicted octanol–water partition coefficient (Wildman–Crippen LogP) is 4.14. The first-order valence-electron chi connectivity index (χ1n) is 11.0. The molecular formula is C27H23F2N5O2. The Morgan fingerprint density at radius 3 is 2.67 bits per heavy atom. The van der Waals surface area contributed by atoms with Crippen molar-refractivity contribution in [1.82, 2.24) is 20.2 Å². The average molecular weight is 488 g/mol. The summed E-state index contributed by atoms with van der Waals surface area (Å²) in [5, 5.41) is 3.68. The molecule has 0 aliphatic heterocycles. The van der Waals surface area contributed by atoms with Gasteiger partial charge < -0.3 is 20.9 Å². The summed E-state index contributed by atoms with van der Waals surface area (Å²) < 4.78 is 26.7. The molecule has 7 nitrogen and oxygen atoms in total. The van der Waals surface area contributed by atoms with Gasteiger partial charge in [-0.15, -0.1) is 0 Å². The molecule has 182 valence electrons. The summed E-state index contributed by atoms with van der Waals surface area (Å²) in [5.41, 5.74) is 9.11. The molecule has 0 saturated heterocycles. The molecule has 4 aromatic rings. The third kappa shape index (κ3) is 5.15. The van der Waals surface area contributed by atoms with E-state index in [-0.39, 0.29) is 18.7 Å². The number of H-pyrrole nitrogens is 1. The number of carbonyl (C=O) groups is 2. The third-order valence-corrected chi connectivity index (χ3v) is 5.60. The Hall–Kier alpha value is -4.79. The van der Waals surface area contributed by atoms with Gasteiger partial charge in [0.05, 0.1) is 6.54 Å². The SMILES string of the molecule is C=CN(Cc1ccc(F)c(F)c1)C(=O)/C(=C\N)C(=O)NCc1cccc(-c2c[nH]c3ncccc23)c1. The van der Waals surface area contributed by atoms with E-state index < -0.39 is 23.4 Å². The number of nitrogens with two attached hydrogens (primary N) is 1. The quantitative estimate of drug-likeness (QED) is 0.197. The van der Waals surface area contributed by atoms with Crippen LogP contribution < -0.4 is 11.1 Å². The minimum Gasteiger partial charge on any atom is -0.404 e. The van der Waals surface area contributed by atoms with Crippen molar-refractivity contribution in [3.63, 3.8) is 0 Å². The first-order chi connectivity index (χ1) is 17.4. The van der Waals surface area contributed by atoms with Gasteiger partial charge in [0.25, 0.3) is 11.8 Å². The van der Waals surface area contributed by atoms with E-state index in [1.165, 1.54) is 12.3 Å². The van der Waals surface area contributed by atoms with Gasteiger partial charge in [0, 0.05) is 42.3 Å². The fraction of sp³-hybridized carbons (Fsp3) is 0.0741. The lowest BCUT2D eigenvalue weighted by Crippen LogP contribution is -2.35. The van der Waals surface area contributed by atoms with Gasteiger partial charge >= 0.3 is 0 Å². The van der Waals surface area contributed by atoms with Crippen LogP contribution in [0.25, 0.3) is 22.2 Å². The number of rotatable bonds is 8. The number of benzene rings is 2. The Morgan fingerprint density at radius 1 is 1.08 bits per heavy atom. The second-order valence-electron chi connectivity index (χ2n) is 7.93. The van der Waals surface area contributed by atoms with Crippen molar-refractivity contribution in [2.45, 2.75) is 13.1 Å². The lowest BCUT2D eigenvalue weighted by atomic mass is 10.0. The molecule has 0 bridgehead atoms. The highest BCUT2D eigenvalue weighted by Crippen LogP contribution is 2.28. The van der Waals surface area contributed by atoms with Crippen molar-refractivity contribution in [2.75, 3.05) is 0 Å². The summed E-state index contributed by atoms with van der Waals surface area (Å²) in [6.45, 7) is 3.60. The molecule has 2 amide bonds. The van der Waals surface area contributed by atoms with Crippen LogP contribution in [0.2, 0.25) is 0 Å². The van der Waals surface area contributed by atoms with Crippen LogP contribution in [0.5, 0.6) is 0 Å². The van der Waals surface area contributed by atoms with E-state index in [9.17, 15) is 18.4 Å². The maximum atomic E-state index is 13.5. The molecular weight excluding hydrogens is 464 g/mol. The summed E-state index contributed by atoms with van der Waals surface area (Å²) in [5.74, 6) is -3.44. The zero-order chi connectivity index (χ0) is 25.7. The van der Waals surface area contributed by atoms with Crippen LogP contribution in [0.15, 0.2) is 91.5 Å². The monoisotopic (exact) mass is 487 g/mol. The molecule has 0 radical (unpaired) electrons. The molecule has 0 fully saturated rings. The molecule has 0 aliphatic rings. The second-order valence-corrected chi connectivity index (χ2v) is 7.93. The zero-order valence-corrected chi connectivity index (χ0v) is 19.2. The van der Waals surface area contributed by atoms with Crippen molar-refractivity contribution >= 4 is 22.8 Å². The van der Waals surface area contributed by atoms with Gasteiger partial charge in [-0.05, 0) is 47.0 Å². The smallest absolute Gasteiger partial charge is 0.265 e. The molecule has 0 aliphatic carbocycles. The molecule has 36 heavy (non-hydrogen) atoms. The van der Waals surface area contributed by atoms with Crippen LogP contribution >= 0.6 is 0 Å². The first-order valence-corrected chi connectivity index (χ1v) is 11.0. The molecule has 0 spiro atoms. The normalized spacial score (nSPS) is 11.3. The molecule has 9 heteroatoms. The van der Waals surface area contributed by atoms with Crippen molar-refractivity contribution in [2.24, 2.45) is 5.73 Å². The lowest BCUT2D eigenvalue weighted by molar-refractivity contribution is -0.128. The number of nitrogens with one attached hydrogen (secondary N) is 2. The molecule has 2 aromatic heterocycles. The average Bonchev–Trinajstić information content (AvgIpc) is 3.33. The number of hydrogen-bond donors (Lipinski definition) is 3. The van der Waals surface area contributed by atoms with Crippen LogP contribution in [-0.4, -0.2) is 26.7 Å². The van der Waals surface area contributed by atoms with Crippen molar-refractivity contribution < 1.29 is 18.4 Å². The van der Waals surface area contributed by atoms with Crippen LogP contribution in [0.1, 0.15) is 11.1 Å². The van der Waals surface area contributed by atoms with Gasteiger partial charge in [-0.25, -0.2) is 13.8 Å². The fourth-order valence-corrected chi connectivity index (χ4v) is 3.77. The highest BCUT2D eigenvalue weighted by molar-refractivity contribution is 6.18. The van der Waals surface area contributed by atoms with Gasteiger partial charge in [-0.3, -0.25) is 9.59 Å². The third-order valence-electron chi connectivity index (χ3n) is 5.60. The van der Waals surface area contributed by atoms with Crippen molar-refractivity contribution in [3.05, 3.63) is 114 Å². The Morgan fingerprint density at radius 2 is 1.92 bits per heavy atom. The Bertz CT molecular complexity index is 1480. The first kappa shape index (κ1) is 24.3. The van der Waals surface area contributed by atoms with Gasteiger partial charge in [-0.2, -0.15) is 0 Å². The van der Waals surface area contributed by atoms with Gasteiger partial charge in [0.2, 0.25) is 0 Å². The molecule has 0 saturated carbocycles. The number of aromatic nitrogens is 2. The van der Waals surface area contributed by atoms with E-state index in [2.05, 4.69) is 21.9 Å². The van der Waals surface area contributed by atoms with Crippen LogP contribution in [0.3, 0.4) is 0 Å². The maximum absolute atomic E-state index is 13.5. The fourth-order valence-electron chi connectivity index (χ4n) is 3.77. The van der Waals surface area contributed by atoms with E-state index in [0.717, 1.165) is 51.0 Å².